The molecule has 0 aromatic heterocycles. The zero-order valence-corrected chi connectivity index (χ0v) is 12.8. The quantitative estimate of drug-likeness (QED) is 0.801. The van der Waals surface area contributed by atoms with Crippen LogP contribution in [0.2, 0.25) is 5.02 Å². The number of halogens is 1. The standard InChI is InChI=1S/C18H22ClN/c1-2-20-18(13-7-3-4-8-13)16-11-12-17(19)15-10-6-5-9-14(15)16/h5-6,9-13,18,20H,2-4,7-8H2,1H3. The summed E-state index contributed by atoms with van der Waals surface area (Å²) in [6.07, 6.45) is 5.43. The van der Waals surface area contributed by atoms with Crippen molar-refractivity contribution in [3.8, 4) is 0 Å². The molecule has 2 heteroatoms. The van der Waals surface area contributed by atoms with Crippen LogP contribution in [0.3, 0.4) is 0 Å². The van der Waals surface area contributed by atoms with Gasteiger partial charge in [0.15, 0.2) is 0 Å². The van der Waals surface area contributed by atoms with Crippen molar-refractivity contribution in [2.24, 2.45) is 5.92 Å². The average Bonchev–Trinajstić information content (AvgIpc) is 3.00. The second kappa shape index (κ2) is 6.15. The lowest BCUT2D eigenvalue weighted by atomic mass is 9.88. The summed E-state index contributed by atoms with van der Waals surface area (Å²) in [5.41, 5.74) is 1.42. The SMILES string of the molecule is CCNC(c1ccc(Cl)c2ccccc12)C1CCCC1. The van der Waals surface area contributed by atoms with E-state index in [1.807, 2.05) is 0 Å². The third-order valence-corrected chi connectivity index (χ3v) is 4.86. The van der Waals surface area contributed by atoms with Gasteiger partial charge < -0.3 is 5.32 Å². The molecule has 0 aliphatic heterocycles. The van der Waals surface area contributed by atoms with E-state index in [4.69, 9.17) is 11.6 Å². The number of nitrogens with one attached hydrogen (secondary N) is 1. The fourth-order valence-corrected chi connectivity index (χ4v) is 3.83. The number of fused-ring (bicyclic) bond motifs is 1. The lowest BCUT2D eigenvalue weighted by Crippen LogP contribution is -2.27. The maximum Gasteiger partial charge on any atom is 0.0484 e. The number of hydrogen-bond donors (Lipinski definition) is 1. The van der Waals surface area contributed by atoms with Crippen molar-refractivity contribution in [1.82, 2.24) is 5.32 Å². The van der Waals surface area contributed by atoms with E-state index in [9.17, 15) is 0 Å². The van der Waals surface area contributed by atoms with Crippen molar-refractivity contribution in [1.29, 1.82) is 0 Å². The number of benzene rings is 2. The first kappa shape index (κ1) is 13.9. The van der Waals surface area contributed by atoms with Crippen LogP contribution in [0, 0.1) is 5.92 Å². The summed E-state index contributed by atoms with van der Waals surface area (Å²) in [6.45, 7) is 3.21. The van der Waals surface area contributed by atoms with Crippen LogP contribution in [-0.2, 0) is 0 Å². The van der Waals surface area contributed by atoms with Crippen LogP contribution in [0.4, 0.5) is 0 Å². The average molecular weight is 288 g/mol. The van der Waals surface area contributed by atoms with Gasteiger partial charge in [-0.25, -0.2) is 0 Å². The molecule has 1 aliphatic rings. The summed E-state index contributed by atoms with van der Waals surface area (Å²) in [5.74, 6) is 0.763. The Morgan fingerprint density at radius 2 is 1.80 bits per heavy atom. The van der Waals surface area contributed by atoms with Gasteiger partial charge in [0.25, 0.3) is 0 Å². The largest absolute Gasteiger partial charge is 0.310 e. The molecule has 1 saturated carbocycles. The molecule has 0 heterocycles. The maximum atomic E-state index is 6.35. The van der Waals surface area contributed by atoms with E-state index >= 15 is 0 Å². The van der Waals surface area contributed by atoms with Crippen molar-refractivity contribution >= 4 is 22.4 Å². The molecule has 1 fully saturated rings. The lowest BCUT2D eigenvalue weighted by Gasteiger charge is -2.26. The normalized spacial score (nSPS) is 17.7. The smallest absolute Gasteiger partial charge is 0.0484 e. The molecular formula is C18H22ClN. The van der Waals surface area contributed by atoms with Gasteiger partial charge in [-0.15, -0.1) is 0 Å². The summed E-state index contributed by atoms with van der Waals surface area (Å²) in [4.78, 5) is 0. The molecule has 1 N–H and O–H groups in total. The second-order valence-corrected chi connectivity index (χ2v) is 6.17. The molecule has 0 amide bonds. The van der Waals surface area contributed by atoms with E-state index in [0.29, 0.717) is 6.04 Å². The van der Waals surface area contributed by atoms with Crippen LogP contribution in [0.25, 0.3) is 10.8 Å². The van der Waals surface area contributed by atoms with Crippen molar-refractivity contribution < 1.29 is 0 Å². The second-order valence-electron chi connectivity index (χ2n) is 5.76. The molecule has 1 nitrogen and oxygen atoms in total. The van der Waals surface area contributed by atoms with Gasteiger partial charge in [-0.2, -0.15) is 0 Å². The first-order chi connectivity index (χ1) is 9.81. The Labute approximate surface area is 126 Å². The van der Waals surface area contributed by atoms with E-state index < -0.39 is 0 Å². The fourth-order valence-electron chi connectivity index (χ4n) is 3.60. The zero-order chi connectivity index (χ0) is 13.9. The predicted octanol–water partition coefficient (Wildman–Crippen LogP) is 5.33. The van der Waals surface area contributed by atoms with Crippen molar-refractivity contribution in [3.63, 3.8) is 0 Å². The van der Waals surface area contributed by atoms with E-state index in [-0.39, 0.29) is 0 Å². The first-order valence-corrected chi connectivity index (χ1v) is 8.09. The summed E-state index contributed by atoms with van der Waals surface area (Å²) < 4.78 is 0. The number of rotatable bonds is 4. The molecular weight excluding hydrogens is 266 g/mol. The van der Waals surface area contributed by atoms with Crippen molar-refractivity contribution in [3.05, 3.63) is 47.0 Å². The fraction of sp³-hybridized carbons (Fsp3) is 0.444. The molecule has 2 aromatic carbocycles. The molecule has 1 unspecified atom stereocenters. The van der Waals surface area contributed by atoms with Gasteiger partial charge in [-0.05, 0) is 42.3 Å². The maximum absolute atomic E-state index is 6.35. The van der Waals surface area contributed by atoms with Gasteiger partial charge in [0.2, 0.25) is 0 Å². The summed E-state index contributed by atoms with van der Waals surface area (Å²) in [5, 5.41) is 7.04. The van der Waals surface area contributed by atoms with E-state index in [0.717, 1.165) is 17.5 Å². The Hall–Kier alpha value is -1.05. The highest BCUT2D eigenvalue weighted by atomic mass is 35.5. The van der Waals surface area contributed by atoms with Gasteiger partial charge in [0.05, 0.1) is 0 Å². The Bertz CT molecular complexity index is 587. The van der Waals surface area contributed by atoms with Crippen LogP contribution in [0.15, 0.2) is 36.4 Å². The minimum absolute atomic E-state index is 0.463. The Morgan fingerprint density at radius 1 is 1.10 bits per heavy atom. The Morgan fingerprint density at radius 3 is 2.50 bits per heavy atom. The van der Waals surface area contributed by atoms with Crippen LogP contribution >= 0.6 is 11.6 Å². The van der Waals surface area contributed by atoms with Crippen molar-refractivity contribution in [2.45, 2.75) is 38.6 Å². The molecule has 20 heavy (non-hydrogen) atoms. The molecule has 0 radical (unpaired) electrons. The number of hydrogen-bond acceptors (Lipinski definition) is 1. The van der Waals surface area contributed by atoms with Gasteiger partial charge in [-0.3, -0.25) is 0 Å². The van der Waals surface area contributed by atoms with Crippen LogP contribution in [-0.4, -0.2) is 6.54 Å². The van der Waals surface area contributed by atoms with Gasteiger partial charge in [0.1, 0.15) is 0 Å². The molecule has 1 atom stereocenters. The van der Waals surface area contributed by atoms with Gasteiger partial charge in [0, 0.05) is 16.5 Å². The third-order valence-electron chi connectivity index (χ3n) is 4.53. The van der Waals surface area contributed by atoms with Crippen LogP contribution < -0.4 is 5.32 Å². The molecule has 106 valence electrons. The lowest BCUT2D eigenvalue weighted by molar-refractivity contribution is 0.376. The Balaban J connectivity index is 2.08. The molecule has 0 saturated heterocycles. The van der Waals surface area contributed by atoms with Crippen LogP contribution in [0.5, 0.6) is 0 Å². The molecule has 0 spiro atoms. The van der Waals surface area contributed by atoms with E-state index in [1.54, 1.807) is 0 Å². The van der Waals surface area contributed by atoms with E-state index in [2.05, 4.69) is 48.6 Å². The highest BCUT2D eigenvalue weighted by Crippen LogP contribution is 2.39. The summed E-state index contributed by atoms with van der Waals surface area (Å²) in [7, 11) is 0. The summed E-state index contributed by atoms with van der Waals surface area (Å²) >= 11 is 6.35. The monoisotopic (exact) mass is 287 g/mol. The topological polar surface area (TPSA) is 12.0 Å². The zero-order valence-electron chi connectivity index (χ0n) is 12.0. The van der Waals surface area contributed by atoms with Crippen LogP contribution in [0.1, 0.15) is 44.2 Å². The van der Waals surface area contributed by atoms with Gasteiger partial charge >= 0.3 is 0 Å². The minimum atomic E-state index is 0.463. The molecule has 0 bridgehead atoms. The van der Waals surface area contributed by atoms with Crippen molar-refractivity contribution in [2.75, 3.05) is 6.54 Å². The molecule has 1 aliphatic carbocycles. The highest BCUT2D eigenvalue weighted by molar-refractivity contribution is 6.35. The molecule has 3 rings (SSSR count). The van der Waals surface area contributed by atoms with Gasteiger partial charge in [-0.1, -0.05) is 61.7 Å². The Kier molecular flexibility index (Phi) is 4.28. The molecule has 2 aromatic rings. The third kappa shape index (κ3) is 2.57. The minimum Gasteiger partial charge on any atom is -0.310 e. The van der Waals surface area contributed by atoms with E-state index in [1.165, 1.54) is 42.0 Å². The highest BCUT2D eigenvalue weighted by Gasteiger charge is 2.26. The predicted molar refractivity (Wildman–Crippen MR) is 87.3 cm³/mol. The first-order valence-electron chi connectivity index (χ1n) is 7.71. The summed E-state index contributed by atoms with van der Waals surface area (Å²) in [6, 6.07) is 13.2.